The molecule has 4 N–H and O–H groups in total. The molecule has 0 spiro atoms. The van der Waals surface area contributed by atoms with Crippen molar-refractivity contribution < 1.29 is 46.6 Å². The van der Waals surface area contributed by atoms with E-state index in [0.717, 1.165) is 17.7 Å². The van der Waals surface area contributed by atoms with E-state index in [9.17, 15) is 24.3 Å². The van der Waals surface area contributed by atoms with Crippen LogP contribution in [0.1, 0.15) is 147 Å². The first-order valence-electron chi connectivity index (χ1n) is 26.4. The van der Waals surface area contributed by atoms with E-state index in [4.69, 9.17) is 14.7 Å². The van der Waals surface area contributed by atoms with Crippen molar-refractivity contribution in [2.45, 2.75) is 136 Å². The van der Waals surface area contributed by atoms with Gasteiger partial charge in [0, 0.05) is 50.0 Å². The predicted molar refractivity (Wildman–Crippen MR) is 276 cm³/mol. The van der Waals surface area contributed by atoms with Crippen LogP contribution in [-0.2, 0) is 14.3 Å². The number of piperidine rings is 1. The highest BCUT2D eigenvalue weighted by Crippen LogP contribution is 2.50. The molecule has 4 amide bonds. The van der Waals surface area contributed by atoms with E-state index in [0.29, 0.717) is 91.5 Å². The van der Waals surface area contributed by atoms with Crippen LogP contribution in [0.5, 0.6) is 0 Å². The second-order valence-corrected chi connectivity index (χ2v) is 22.7. The Morgan fingerprint density at radius 3 is 1.63 bits per heavy atom. The zero-order chi connectivity index (χ0) is 53.9. The largest absolute Gasteiger partial charge is 0.465 e. The average Bonchev–Trinajstić information content (AvgIpc) is 4.22. The maximum atomic E-state index is 16.9. The number of benzene rings is 3. The number of methoxy groups -OCH3 is 1. The Labute approximate surface area is 434 Å². The number of likely N-dealkylation sites (tertiary alicyclic amines) is 2. The van der Waals surface area contributed by atoms with Gasteiger partial charge in [0.05, 0.1) is 53.3 Å². The van der Waals surface area contributed by atoms with Crippen LogP contribution in [0.4, 0.5) is 38.5 Å². The number of hydrogen-bond acceptors (Lipinski definition) is 9. The molecule has 4 aliphatic rings. The summed E-state index contributed by atoms with van der Waals surface area (Å²) < 4.78 is 72.1. The van der Waals surface area contributed by atoms with Crippen LogP contribution in [0.25, 0.3) is 22.1 Å². The van der Waals surface area contributed by atoms with Crippen molar-refractivity contribution in [3.8, 4) is 0 Å². The van der Waals surface area contributed by atoms with E-state index in [1.165, 1.54) is 38.4 Å². The number of H-pyrrole nitrogens is 2. The molecule has 6 heterocycles. The average molecular weight is 1040 g/mol. The number of alkyl carbamates (subject to hydrolysis) is 1. The van der Waals surface area contributed by atoms with Crippen molar-refractivity contribution in [3.63, 3.8) is 0 Å². The van der Waals surface area contributed by atoms with Gasteiger partial charge in [-0.25, -0.2) is 37.1 Å². The zero-order valence-corrected chi connectivity index (χ0v) is 44.3. The fourth-order valence-electron chi connectivity index (χ4n) is 12.4. The normalized spacial score (nSPS) is 21.5. The Balaban J connectivity index is 1.08. The summed E-state index contributed by atoms with van der Waals surface area (Å²) in [5.41, 5.74) is 1.88. The van der Waals surface area contributed by atoms with Gasteiger partial charge in [0.2, 0.25) is 11.8 Å². The number of likely N-dealkylation sites (N-methyl/N-ethyl adjacent to an activating group) is 1. The van der Waals surface area contributed by atoms with Crippen LogP contribution in [0, 0.1) is 46.4 Å². The second-order valence-electron chi connectivity index (χ2n) is 22.7. The third-order valence-corrected chi connectivity index (χ3v) is 16.4. The molecule has 4 saturated heterocycles. The van der Waals surface area contributed by atoms with Crippen LogP contribution in [-0.4, -0.2) is 116 Å². The lowest BCUT2D eigenvalue weighted by molar-refractivity contribution is -0.138. The molecular formula is C55H70F4N10O6. The van der Waals surface area contributed by atoms with E-state index in [2.05, 4.69) is 36.1 Å². The van der Waals surface area contributed by atoms with Crippen molar-refractivity contribution in [3.05, 3.63) is 82.4 Å². The summed E-state index contributed by atoms with van der Waals surface area (Å²) in [6.45, 7) is 15.5. The molecule has 0 saturated carbocycles. The van der Waals surface area contributed by atoms with Gasteiger partial charge < -0.3 is 44.7 Å². The molecular weight excluding hydrogens is 973 g/mol. The first-order valence-corrected chi connectivity index (χ1v) is 26.4. The number of carbonyl (C=O) groups is 4. The lowest BCUT2D eigenvalue weighted by Crippen LogP contribution is -2.51. The first kappa shape index (κ1) is 53.2. The van der Waals surface area contributed by atoms with Crippen molar-refractivity contribution in [2.24, 2.45) is 23.2 Å². The van der Waals surface area contributed by atoms with E-state index in [-0.39, 0.29) is 64.4 Å². The topological polar surface area (TPSA) is 183 Å². The monoisotopic (exact) mass is 1040 g/mol. The molecule has 2 aromatic heterocycles. The van der Waals surface area contributed by atoms with E-state index in [1.54, 1.807) is 45.6 Å². The van der Waals surface area contributed by atoms with Crippen LogP contribution in [0.3, 0.4) is 0 Å². The predicted octanol–water partition coefficient (Wildman–Crippen LogP) is 10.7. The molecule has 16 nitrogen and oxygen atoms in total. The maximum absolute atomic E-state index is 16.9. The molecule has 9 rings (SSSR count). The van der Waals surface area contributed by atoms with Gasteiger partial charge in [-0.05, 0) is 111 Å². The minimum atomic E-state index is -1.22. The summed E-state index contributed by atoms with van der Waals surface area (Å²) in [4.78, 5) is 76.2. The number of aromatic amines is 2. The molecule has 20 heteroatoms. The summed E-state index contributed by atoms with van der Waals surface area (Å²) in [6.07, 6.45) is 2.52. The summed E-state index contributed by atoms with van der Waals surface area (Å²) in [5, 5.41) is 12.4. The number of halogens is 4. The first-order chi connectivity index (χ1) is 35.6. The third kappa shape index (κ3) is 10.2. The number of imidazole rings is 2. The number of anilines is 2. The van der Waals surface area contributed by atoms with Crippen molar-refractivity contribution in [2.75, 3.05) is 50.1 Å². The van der Waals surface area contributed by atoms with Crippen molar-refractivity contribution >= 4 is 57.4 Å². The molecule has 0 aliphatic carbocycles. The number of nitrogens with zero attached hydrogens (tertiary/aromatic N) is 7. The number of carboxylic acid groups (broad SMARTS) is 1. The number of carbonyl (C=O) groups excluding carboxylic acids is 3. The number of nitrogens with one attached hydrogen (secondary N) is 3. The van der Waals surface area contributed by atoms with Gasteiger partial charge in [-0.15, -0.1) is 0 Å². The number of rotatable bonds is 12. The molecule has 4 aliphatic heterocycles. The van der Waals surface area contributed by atoms with Gasteiger partial charge in [0.15, 0.2) is 11.6 Å². The minimum absolute atomic E-state index is 0.0451. The van der Waals surface area contributed by atoms with Crippen LogP contribution in [0.2, 0.25) is 0 Å². The SMILES string of the molecule is COC(=O)N[C@H](C(=O)N1CCC[C@H]1c1nc2cc([C@H]3CC[C@H](c4cc5nc([C@@H]6CCCN6C(=O)[C@H](C(C)C)N(C)C(=O)O)[nH]c5cc4F)N3c3cc(F)c(N4CCC(C(C)(C)C)CC4)c(F)c3)c(F)cc2[nH]1)C(C)C. The Morgan fingerprint density at radius 2 is 1.19 bits per heavy atom. The second kappa shape index (κ2) is 20.8. The van der Waals surface area contributed by atoms with E-state index >= 15 is 17.6 Å². The molecule has 0 radical (unpaired) electrons. The standard InChI is InChI=1S/C55H70F4N10O6/c1-28(2)46(64-53(72)75-9)51(70)67-18-10-12-44(67)49-60-38-24-32(34(56)26-40(38)62-49)42-14-15-43(69(42)31-22-36(58)48(37(59)23-31)66-20-16-30(17-21-66)55(5,6)7)33-25-39-41(27-35(33)57)63-50(61-39)45-13-11-19-68(45)52(71)47(29(3)4)65(8)54(73)74/h22-30,42-47H,10-21H2,1-9H3,(H,60,62)(H,61,63)(H,64,72)(H,73,74)/t42-,43-,44+,45+,46+,47+/m1/s1. The molecule has 75 heavy (non-hydrogen) atoms. The number of fused-ring (bicyclic) bond motifs is 2. The Bertz CT molecular complexity index is 2960. The molecule has 3 aromatic carbocycles. The fraction of sp³-hybridized carbons (Fsp3) is 0.564. The van der Waals surface area contributed by atoms with E-state index < -0.39 is 71.7 Å². The minimum Gasteiger partial charge on any atom is -0.465 e. The molecule has 5 aromatic rings. The molecule has 6 atom stereocenters. The smallest absolute Gasteiger partial charge is 0.407 e. The number of amides is 4. The van der Waals surface area contributed by atoms with Crippen molar-refractivity contribution in [1.82, 2.24) is 40.0 Å². The number of hydrogen-bond donors (Lipinski definition) is 4. The van der Waals surface area contributed by atoms with Gasteiger partial charge in [-0.3, -0.25) is 14.5 Å². The zero-order valence-electron chi connectivity index (χ0n) is 44.3. The molecule has 4 fully saturated rings. The molecule has 0 bridgehead atoms. The highest BCUT2D eigenvalue weighted by atomic mass is 19.1. The van der Waals surface area contributed by atoms with E-state index in [1.807, 2.05) is 13.8 Å². The lowest BCUT2D eigenvalue weighted by Gasteiger charge is -2.40. The summed E-state index contributed by atoms with van der Waals surface area (Å²) in [6, 6.07) is 3.83. The van der Waals surface area contributed by atoms with Crippen LogP contribution in [0.15, 0.2) is 36.4 Å². The maximum Gasteiger partial charge on any atom is 0.407 e. The third-order valence-electron chi connectivity index (χ3n) is 16.4. The Hall–Kier alpha value is -6.60. The molecule has 0 unspecified atom stereocenters. The van der Waals surface area contributed by atoms with Crippen LogP contribution < -0.4 is 15.1 Å². The highest BCUT2D eigenvalue weighted by molar-refractivity contribution is 5.87. The summed E-state index contributed by atoms with van der Waals surface area (Å²) in [7, 11) is 2.60. The number of aromatic nitrogens is 4. The molecule has 404 valence electrons. The quantitative estimate of drug-likeness (QED) is 0.0877. The van der Waals surface area contributed by atoms with Crippen molar-refractivity contribution in [1.29, 1.82) is 0 Å². The van der Waals surface area contributed by atoms with Gasteiger partial charge in [-0.1, -0.05) is 48.5 Å². The Morgan fingerprint density at radius 1 is 0.693 bits per heavy atom. The van der Waals surface area contributed by atoms with Crippen LogP contribution >= 0.6 is 0 Å². The lowest BCUT2D eigenvalue weighted by atomic mass is 9.75. The van der Waals surface area contributed by atoms with Gasteiger partial charge in [0.25, 0.3) is 0 Å². The van der Waals surface area contributed by atoms with Gasteiger partial charge >= 0.3 is 12.2 Å². The number of ether oxygens (including phenoxy) is 1. The fourth-order valence-corrected chi connectivity index (χ4v) is 12.4. The van der Waals surface area contributed by atoms with Gasteiger partial charge in [0.1, 0.15) is 41.1 Å². The summed E-state index contributed by atoms with van der Waals surface area (Å²) in [5.74, 6) is -2.80. The summed E-state index contributed by atoms with van der Waals surface area (Å²) >= 11 is 0. The Kier molecular flexibility index (Phi) is 14.8. The highest BCUT2D eigenvalue weighted by Gasteiger charge is 2.43. The van der Waals surface area contributed by atoms with Gasteiger partial charge in [-0.2, -0.15) is 0 Å².